The molecule has 2 aromatic carbocycles. The van der Waals surface area contributed by atoms with Crippen LogP contribution >= 0.6 is 0 Å². The molecule has 0 radical (unpaired) electrons. The molecular weight excluding hydrogens is 338 g/mol. The van der Waals surface area contributed by atoms with Gasteiger partial charge in [-0.15, -0.1) is 0 Å². The Kier molecular flexibility index (Phi) is 6.08. The smallest absolute Gasteiger partial charge is 0.242 e. The summed E-state index contributed by atoms with van der Waals surface area (Å²) in [5, 5.41) is 0. The van der Waals surface area contributed by atoms with Gasteiger partial charge in [0.05, 0.1) is 4.90 Å². The van der Waals surface area contributed by atoms with Crippen molar-refractivity contribution in [2.24, 2.45) is 0 Å². The monoisotopic (exact) mass is 363 g/mol. The summed E-state index contributed by atoms with van der Waals surface area (Å²) in [6.07, 6.45) is 0. The summed E-state index contributed by atoms with van der Waals surface area (Å²) in [6, 6.07) is 10.5. The van der Waals surface area contributed by atoms with E-state index in [1.165, 1.54) is 24.0 Å². The van der Waals surface area contributed by atoms with Crippen LogP contribution in [0.25, 0.3) is 0 Å². The molecule has 6 heteroatoms. The van der Waals surface area contributed by atoms with E-state index in [0.717, 1.165) is 16.9 Å². The Labute approximate surface area is 150 Å². The van der Waals surface area contributed by atoms with E-state index in [9.17, 15) is 8.42 Å². The van der Waals surface area contributed by atoms with E-state index in [0.29, 0.717) is 19.0 Å². The number of hydrogen-bond acceptors (Lipinski definition) is 4. The first kappa shape index (κ1) is 19.3. The largest absolute Gasteiger partial charge is 0.490 e. The lowest BCUT2D eigenvalue weighted by atomic mass is 10.1. The summed E-state index contributed by atoms with van der Waals surface area (Å²) in [7, 11) is -0.403. The van der Waals surface area contributed by atoms with Crippen molar-refractivity contribution < 1.29 is 17.9 Å². The average Bonchev–Trinajstić information content (AvgIpc) is 2.56. The molecule has 25 heavy (non-hydrogen) atoms. The number of ether oxygens (including phenoxy) is 2. The van der Waals surface area contributed by atoms with Gasteiger partial charge in [-0.05, 0) is 67.8 Å². The second kappa shape index (κ2) is 7.89. The van der Waals surface area contributed by atoms with Crippen molar-refractivity contribution in [1.82, 2.24) is 4.31 Å². The molecule has 0 atom stereocenters. The Morgan fingerprint density at radius 3 is 2.12 bits per heavy atom. The Bertz CT molecular complexity index is 827. The number of rotatable bonds is 7. The normalized spacial score (nSPS) is 11.6. The zero-order chi connectivity index (χ0) is 18.6. The Balaban J connectivity index is 1.91. The van der Waals surface area contributed by atoms with Gasteiger partial charge in [0.25, 0.3) is 0 Å². The van der Waals surface area contributed by atoms with Gasteiger partial charge in [0.2, 0.25) is 10.0 Å². The SMILES string of the molecule is Cc1cc(C)c(C)c(OCCOc2ccc(S(=O)(=O)N(C)C)cc2)c1. The molecule has 0 spiro atoms. The summed E-state index contributed by atoms with van der Waals surface area (Å²) in [5.41, 5.74) is 3.49. The summed E-state index contributed by atoms with van der Waals surface area (Å²) in [6.45, 7) is 6.94. The van der Waals surface area contributed by atoms with Crippen LogP contribution in [0.3, 0.4) is 0 Å². The van der Waals surface area contributed by atoms with Crippen molar-refractivity contribution in [3.63, 3.8) is 0 Å². The molecule has 0 saturated carbocycles. The second-order valence-electron chi connectivity index (χ2n) is 6.16. The molecule has 136 valence electrons. The molecule has 0 saturated heterocycles. The zero-order valence-corrected chi connectivity index (χ0v) is 16.2. The zero-order valence-electron chi connectivity index (χ0n) is 15.4. The lowest BCUT2D eigenvalue weighted by Gasteiger charge is -2.14. The van der Waals surface area contributed by atoms with Crippen molar-refractivity contribution in [2.75, 3.05) is 27.3 Å². The number of sulfonamides is 1. The predicted octanol–water partition coefficient (Wildman–Crippen LogP) is 3.32. The van der Waals surface area contributed by atoms with Crippen LogP contribution in [0.5, 0.6) is 11.5 Å². The van der Waals surface area contributed by atoms with E-state index in [1.807, 2.05) is 19.9 Å². The molecule has 0 fully saturated rings. The first-order valence-corrected chi connectivity index (χ1v) is 9.52. The molecule has 2 rings (SSSR count). The number of hydrogen-bond donors (Lipinski definition) is 0. The van der Waals surface area contributed by atoms with Gasteiger partial charge >= 0.3 is 0 Å². The first-order valence-electron chi connectivity index (χ1n) is 8.08. The molecule has 0 aliphatic rings. The van der Waals surface area contributed by atoms with Gasteiger partial charge in [-0.3, -0.25) is 0 Å². The Morgan fingerprint density at radius 2 is 1.52 bits per heavy atom. The molecule has 0 bridgehead atoms. The fourth-order valence-corrected chi connectivity index (χ4v) is 3.28. The second-order valence-corrected chi connectivity index (χ2v) is 8.31. The molecule has 0 N–H and O–H groups in total. The van der Waals surface area contributed by atoms with E-state index in [1.54, 1.807) is 24.3 Å². The molecular formula is C19H25NO4S. The summed E-state index contributed by atoms with van der Waals surface area (Å²) >= 11 is 0. The highest BCUT2D eigenvalue weighted by Gasteiger charge is 2.16. The maximum atomic E-state index is 12.0. The lowest BCUT2D eigenvalue weighted by molar-refractivity contribution is 0.216. The lowest BCUT2D eigenvalue weighted by Crippen LogP contribution is -2.22. The maximum Gasteiger partial charge on any atom is 0.242 e. The molecule has 5 nitrogen and oxygen atoms in total. The molecule has 0 heterocycles. The van der Waals surface area contributed by atoms with Crippen LogP contribution in [0.1, 0.15) is 16.7 Å². The Morgan fingerprint density at radius 1 is 0.920 bits per heavy atom. The third-order valence-electron chi connectivity index (χ3n) is 3.98. The summed E-state index contributed by atoms with van der Waals surface area (Å²) in [4.78, 5) is 0.243. The third kappa shape index (κ3) is 4.74. The van der Waals surface area contributed by atoms with Crippen molar-refractivity contribution >= 4 is 10.0 Å². The molecule has 2 aromatic rings. The highest BCUT2D eigenvalue weighted by Crippen LogP contribution is 2.23. The van der Waals surface area contributed by atoms with Crippen molar-refractivity contribution in [1.29, 1.82) is 0 Å². The first-order chi connectivity index (χ1) is 11.7. The molecule has 0 aliphatic heterocycles. The van der Waals surface area contributed by atoms with Gasteiger partial charge in [-0.2, -0.15) is 0 Å². The summed E-state index contributed by atoms with van der Waals surface area (Å²) in [5.74, 6) is 1.48. The fourth-order valence-electron chi connectivity index (χ4n) is 2.38. The van der Waals surface area contributed by atoms with Crippen LogP contribution in [-0.2, 0) is 10.0 Å². The molecule has 0 unspecified atom stereocenters. The van der Waals surface area contributed by atoms with E-state index < -0.39 is 10.0 Å². The Hall–Kier alpha value is -2.05. The molecule has 0 aliphatic carbocycles. The van der Waals surface area contributed by atoms with Crippen LogP contribution in [0, 0.1) is 20.8 Å². The molecule has 0 amide bonds. The number of benzene rings is 2. The quantitative estimate of drug-likeness (QED) is 0.708. The van der Waals surface area contributed by atoms with Gasteiger partial charge < -0.3 is 9.47 Å². The third-order valence-corrected chi connectivity index (χ3v) is 5.81. The van der Waals surface area contributed by atoms with Crippen molar-refractivity contribution in [3.8, 4) is 11.5 Å². The summed E-state index contributed by atoms with van der Waals surface area (Å²) < 4.78 is 36.6. The minimum Gasteiger partial charge on any atom is -0.490 e. The van der Waals surface area contributed by atoms with Gasteiger partial charge in [-0.1, -0.05) is 6.07 Å². The van der Waals surface area contributed by atoms with E-state index in [4.69, 9.17) is 9.47 Å². The van der Waals surface area contributed by atoms with Gasteiger partial charge in [0.1, 0.15) is 24.7 Å². The van der Waals surface area contributed by atoms with Crippen molar-refractivity contribution in [2.45, 2.75) is 25.7 Å². The van der Waals surface area contributed by atoms with Crippen LogP contribution in [0.2, 0.25) is 0 Å². The topological polar surface area (TPSA) is 55.8 Å². The van der Waals surface area contributed by atoms with E-state index >= 15 is 0 Å². The fraction of sp³-hybridized carbons (Fsp3) is 0.368. The number of aryl methyl sites for hydroxylation is 2. The van der Waals surface area contributed by atoms with Crippen LogP contribution < -0.4 is 9.47 Å². The number of nitrogens with zero attached hydrogens (tertiary/aromatic N) is 1. The standard InChI is InChI=1S/C19H25NO4S/c1-14-12-15(2)16(3)19(13-14)24-11-10-23-17-6-8-18(9-7-17)25(21,22)20(4)5/h6-9,12-13H,10-11H2,1-5H3. The minimum absolute atomic E-state index is 0.243. The minimum atomic E-state index is -3.41. The van der Waals surface area contributed by atoms with Gasteiger partial charge in [-0.25, -0.2) is 12.7 Å². The van der Waals surface area contributed by atoms with Gasteiger partial charge in [0, 0.05) is 14.1 Å². The van der Waals surface area contributed by atoms with E-state index in [2.05, 4.69) is 13.0 Å². The predicted molar refractivity (Wildman–Crippen MR) is 99.0 cm³/mol. The highest BCUT2D eigenvalue weighted by atomic mass is 32.2. The van der Waals surface area contributed by atoms with Crippen LogP contribution in [0.4, 0.5) is 0 Å². The van der Waals surface area contributed by atoms with Gasteiger partial charge in [0.15, 0.2) is 0 Å². The average molecular weight is 363 g/mol. The van der Waals surface area contributed by atoms with E-state index in [-0.39, 0.29) is 4.90 Å². The molecule has 0 aromatic heterocycles. The van der Waals surface area contributed by atoms with Crippen molar-refractivity contribution in [3.05, 3.63) is 53.1 Å². The maximum absolute atomic E-state index is 12.0. The highest BCUT2D eigenvalue weighted by molar-refractivity contribution is 7.89. The van der Waals surface area contributed by atoms with Crippen LogP contribution in [0.15, 0.2) is 41.3 Å². The van der Waals surface area contributed by atoms with Crippen LogP contribution in [-0.4, -0.2) is 40.0 Å².